The van der Waals surface area contributed by atoms with Gasteiger partial charge in [0.2, 0.25) is 0 Å². The summed E-state index contributed by atoms with van der Waals surface area (Å²) in [6.07, 6.45) is 3.32. The first-order valence-corrected chi connectivity index (χ1v) is 12.4. The van der Waals surface area contributed by atoms with Crippen molar-refractivity contribution in [1.82, 2.24) is 10.3 Å². The van der Waals surface area contributed by atoms with Crippen molar-refractivity contribution in [2.45, 2.75) is 39.2 Å². The van der Waals surface area contributed by atoms with Crippen LogP contribution in [0.3, 0.4) is 0 Å². The van der Waals surface area contributed by atoms with E-state index in [9.17, 15) is 14.4 Å². The number of esters is 1. The summed E-state index contributed by atoms with van der Waals surface area (Å²) in [5.74, 6) is -1.05. The van der Waals surface area contributed by atoms with Gasteiger partial charge in [0.1, 0.15) is 16.7 Å². The van der Waals surface area contributed by atoms with E-state index < -0.39 is 17.9 Å². The van der Waals surface area contributed by atoms with E-state index in [1.54, 1.807) is 17.5 Å². The van der Waals surface area contributed by atoms with E-state index in [2.05, 4.69) is 27.0 Å². The number of aromatic nitrogens is 1. The van der Waals surface area contributed by atoms with Crippen LogP contribution in [0.5, 0.6) is 0 Å². The molecule has 3 amide bonds. The largest absolute Gasteiger partial charge is 0.467 e. The van der Waals surface area contributed by atoms with E-state index >= 15 is 0 Å². The first-order valence-electron chi connectivity index (χ1n) is 11.5. The van der Waals surface area contributed by atoms with Gasteiger partial charge < -0.3 is 20.7 Å². The van der Waals surface area contributed by atoms with Crippen molar-refractivity contribution < 1.29 is 19.1 Å². The standard InChI is InChI=1S/C26H28N4O4S/c1-15(2)22(25(32)34-3)30-23(31)21-14-35-24(29-21)17-8-10-19(11-9-17)27-26(33)28-20-12-7-16-5-4-6-18(16)13-20/h7-15,22H,4-6H2,1-3H3,(H,30,31)(H2,27,28,33)/t22-/m0/s1. The van der Waals surface area contributed by atoms with Crippen molar-refractivity contribution in [3.05, 3.63) is 64.7 Å². The maximum Gasteiger partial charge on any atom is 0.328 e. The number of carbonyl (C=O) groups excluding carboxylic acids is 3. The van der Waals surface area contributed by atoms with Crippen LogP contribution in [0, 0.1) is 5.92 Å². The third kappa shape index (κ3) is 5.86. The van der Waals surface area contributed by atoms with Crippen molar-refractivity contribution >= 4 is 40.6 Å². The molecule has 3 aromatic rings. The molecule has 0 saturated heterocycles. The normalized spacial score (nSPS) is 13.1. The van der Waals surface area contributed by atoms with Crippen LogP contribution in [-0.4, -0.2) is 36.0 Å². The first kappa shape index (κ1) is 24.4. The number of anilines is 2. The molecule has 1 heterocycles. The van der Waals surface area contributed by atoms with Crippen molar-refractivity contribution in [2.75, 3.05) is 17.7 Å². The van der Waals surface area contributed by atoms with Crippen LogP contribution in [0.4, 0.5) is 16.2 Å². The highest BCUT2D eigenvalue weighted by molar-refractivity contribution is 7.13. The molecule has 1 atom stereocenters. The predicted molar refractivity (Wildman–Crippen MR) is 137 cm³/mol. The van der Waals surface area contributed by atoms with E-state index in [1.165, 1.54) is 29.6 Å². The fourth-order valence-electron chi connectivity index (χ4n) is 3.99. The van der Waals surface area contributed by atoms with Gasteiger partial charge in [-0.15, -0.1) is 11.3 Å². The van der Waals surface area contributed by atoms with Gasteiger partial charge in [0.15, 0.2) is 0 Å². The molecule has 0 bridgehead atoms. The number of aryl methyl sites for hydroxylation is 2. The van der Waals surface area contributed by atoms with E-state index in [0.29, 0.717) is 10.7 Å². The molecule has 4 rings (SSSR count). The highest BCUT2D eigenvalue weighted by Crippen LogP contribution is 2.27. The molecule has 0 radical (unpaired) electrons. The Bertz CT molecular complexity index is 1240. The fourth-order valence-corrected chi connectivity index (χ4v) is 4.80. The number of hydrogen-bond donors (Lipinski definition) is 3. The van der Waals surface area contributed by atoms with E-state index in [-0.39, 0.29) is 17.6 Å². The van der Waals surface area contributed by atoms with Crippen molar-refractivity contribution in [3.8, 4) is 10.6 Å². The Hall–Kier alpha value is -3.72. The average Bonchev–Trinajstić information content (AvgIpc) is 3.52. The minimum Gasteiger partial charge on any atom is -0.467 e. The van der Waals surface area contributed by atoms with Crippen LogP contribution in [0.2, 0.25) is 0 Å². The summed E-state index contributed by atoms with van der Waals surface area (Å²) >= 11 is 1.32. The minimum absolute atomic E-state index is 0.121. The molecule has 2 aromatic carbocycles. The zero-order chi connectivity index (χ0) is 24.9. The molecule has 0 aliphatic heterocycles. The summed E-state index contributed by atoms with van der Waals surface area (Å²) in [7, 11) is 1.29. The Morgan fingerprint density at radius 3 is 2.37 bits per heavy atom. The number of ether oxygens (including phenoxy) is 1. The predicted octanol–water partition coefficient (Wildman–Crippen LogP) is 4.87. The number of methoxy groups -OCH3 is 1. The molecule has 0 spiro atoms. The maximum absolute atomic E-state index is 12.6. The molecule has 0 saturated carbocycles. The van der Waals surface area contributed by atoms with Gasteiger partial charge in [-0.1, -0.05) is 19.9 Å². The SMILES string of the molecule is COC(=O)[C@@H](NC(=O)c1csc(-c2ccc(NC(=O)Nc3ccc4c(c3)CCC4)cc2)n1)C(C)C. The maximum atomic E-state index is 12.6. The smallest absolute Gasteiger partial charge is 0.328 e. The molecular weight excluding hydrogens is 464 g/mol. The van der Waals surface area contributed by atoms with Crippen LogP contribution in [0.1, 0.15) is 41.9 Å². The number of amides is 3. The topological polar surface area (TPSA) is 109 Å². The quantitative estimate of drug-likeness (QED) is 0.408. The molecule has 0 fully saturated rings. The lowest BCUT2D eigenvalue weighted by Gasteiger charge is -2.19. The molecular formula is C26H28N4O4S. The number of nitrogens with one attached hydrogen (secondary N) is 3. The lowest BCUT2D eigenvalue weighted by Crippen LogP contribution is -2.45. The lowest BCUT2D eigenvalue weighted by atomic mass is 10.0. The van der Waals surface area contributed by atoms with E-state index in [1.807, 2.05) is 38.1 Å². The van der Waals surface area contributed by atoms with Gasteiger partial charge in [-0.2, -0.15) is 0 Å². The Morgan fingerprint density at radius 2 is 1.66 bits per heavy atom. The monoisotopic (exact) mass is 492 g/mol. The second-order valence-electron chi connectivity index (χ2n) is 8.75. The number of fused-ring (bicyclic) bond motifs is 1. The van der Waals surface area contributed by atoms with Gasteiger partial charge in [0.05, 0.1) is 7.11 Å². The number of rotatable bonds is 7. The van der Waals surface area contributed by atoms with Crippen molar-refractivity contribution in [3.63, 3.8) is 0 Å². The lowest BCUT2D eigenvalue weighted by molar-refractivity contribution is -0.144. The van der Waals surface area contributed by atoms with E-state index in [4.69, 9.17) is 4.74 Å². The highest BCUT2D eigenvalue weighted by Gasteiger charge is 2.26. The van der Waals surface area contributed by atoms with Gasteiger partial charge in [0, 0.05) is 22.3 Å². The second kappa shape index (κ2) is 10.7. The molecule has 3 N–H and O–H groups in total. The number of urea groups is 1. The summed E-state index contributed by atoms with van der Waals surface area (Å²) in [5.41, 5.74) is 5.12. The molecule has 9 heteroatoms. The van der Waals surface area contributed by atoms with Crippen LogP contribution >= 0.6 is 11.3 Å². The molecule has 8 nitrogen and oxygen atoms in total. The van der Waals surface area contributed by atoms with E-state index in [0.717, 1.165) is 30.5 Å². The zero-order valence-corrected chi connectivity index (χ0v) is 20.7. The minimum atomic E-state index is -0.744. The Labute approximate surface area is 208 Å². The molecule has 0 unspecified atom stereocenters. The third-order valence-electron chi connectivity index (χ3n) is 5.89. The molecule has 1 aromatic heterocycles. The summed E-state index contributed by atoms with van der Waals surface area (Å²) < 4.78 is 4.77. The summed E-state index contributed by atoms with van der Waals surface area (Å²) in [4.78, 5) is 41.3. The highest BCUT2D eigenvalue weighted by atomic mass is 32.1. The van der Waals surface area contributed by atoms with Gasteiger partial charge in [-0.05, 0) is 72.7 Å². The molecule has 1 aliphatic carbocycles. The number of nitrogens with zero attached hydrogens (tertiary/aromatic N) is 1. The van der Waals surface area contributed by atoms with Crippen molar-refractivity contribution in [2.24, 2.45) is 5.92 Å². The first-order chi connectivity index (χ1) is 16.8. The number of carbonyl (C=O) groups is 3. The number of benzene rings is 2. The fraction of sp³-hybridized carbons (Fsp3) is 0.308. The molecule has 182 valence electrons. The summed E-state index contributed by atoms with van der Waals surface area (Å²) in [5, 5.41) is 10.7. The van der Waals surface area contributed by atoms with Gasteiger partial charge in [0.25, 0.3) is 5.91 Å². The van der Waals surface area contributed by atoms with Gasteiger partial charge in [-0.3, -0.25) is 4.79 Å². The molecule has 35 heavy (non-hydrogen) atoms. The summed E-state index contributed by atoms with van der Waals surface area (Å²) in [6.45, 7) is 3.66. The average molecular weight is 493 g/mol. The van der Waals surface area contributed by atoms with Crippen LogP contribution < -0.4 is 16.0 Å². The number of thiazole rings is 1. The Kier molecular flexibility index (Phi) is 7.45. The van der Waals surface area contributed by atoms with Crippen LogP contribution in [0.15, 0.2) is 47.8 Å². The zero-order valence-electron chi connectivity index (χ0n) is 19.9. The third-order valence-corrected chi connectivity index (χ3v) is 6.78. The number of hydrogen-bond acceptors (Lipinski definition) is 6. The van der Waals surface area contributed by atoms with Crippen molar-refractivity contribution in [1.29, 1.82) is 0 Å². The van der Waals surface area contributed by atoms with Crippen LogP contribution in [-0.2, 0) is 22.4 Å². The van der Waals surface area contributed by atoms with Gasteiger partial charge >= 0.3 is 12.0 Å². The van der Waals surface area contributed by atoms with Gasteiger partial charge in [-0.25, -0.2) is 14.6 Å². The summed E-state index contributed by atoms with van der Waals surface area (Å²) in [6, 6.07) is 12.2. The Balaban J connectivity index is 1.36. The Morgan fingerprint density at radius 1 is 0.971 bits per heavy atom. The van der Waals surface area contributed by atoms with Crippen LogP contribution in [0.25, 0.3) is 10.6 Å². The second-order valence-corrected chi connectivity index (χ2v) is 9.61. The molecule has 1 aliphatic rings.